The lowest BCUT2D eigenvalue weighted by molar-refractivity contribution is -0.144. The van der Waals surface area contributed by atoms with E-state index in [2.05, 4.69) is 10.0 Å². The Bertz CT molecular complexity index is 969. The Morgan fingerprint density at radius 3 is 2.09 bits per heavy atom. The van der Waals surface area contributed by atoms with Crippen molar-refractivity contribution < 1.29 is 27.9 Å². The highest BCUT2D eigenvalue weighted by Crippen LogP contribution is 2.22. The number of carboxylic acids is 1. The van der Waals surface area contributed by atoms with Gasteiger partial charge in [0.05, 0.1) is 4.90 Å². The first-order valence-corrected chi connectivity index (χ1v) is 13.3. The largest absolute Gasteiger partial charge is 0.480 e. The van der Waals surface area contributed by atoms with E-state index < -0.39 is 34.0 Å². The van der Waals surface area contributed by atoms with E-state index in [1.807, 2.05) is 20.8 Å². The van der Waals surface area contributed by atoms with E-state index in [1.165, 1.54) is 12.1 Å². The van der Waals surface area contributed by atoms with E-state index in [1.54, 1.807) is 30.9 Å². The van der Waals surface area contributed by atoms with Crippen LogP contribution in [-0.4, -0.2) is 61.4 Å². The molecule has 9 nitrogen and oxygen atoms in total. The number of likely N-dealkylation sites (tertiary alicyclic amines) is 1. The van der Waals surface area contributed by atoms with E-state index >= 15 is 0 Å². The number of amides is 2. The third kappa shape index (κ3) is 7.02. The predicted molar refractivity (Wildman–Crippen MR) is 128 cm³/mol. The molecule has 1 aromatic rings. The molecule has 0 bridgehead atoms. The second kappa shape index (κ2) is 11.8. The maximum atomic E-state index is 13.3. The van der Waals surface area contributed by atoms with Crippen molar-refractivity contribution in [1.29, 1.82) is 0 Å². The molecule has 3 N–H and O–H groups in total. The van der Waals surface area contributed by atoms with Gasteiger partial charge < -0.3 is 15.3 Å². The molecule has 1 aliphatic heterocycles. The summed E-state index contributed by atoms with van der Waals surface area (Å²) in [5, 5.41) is 11.9. The molecule has 0 aliphatic carbocycles. The van der Waals surface area contributed by atoms with Crippen molar-refractivity contribution in [2.75, 3.05) is 13.1 Å². The van der Waals surface area contributed by atoms with Gasteiger partial charge in [0.15, 0.2) is 0 Å². The molecule has 2 rings (SSSR count). The Morgan fingerprint density at radius 2 is 1.62 bits per heavy atom. The molecule has 1 fully saturated rings. The normalized spacial score (nSPS) is 17.8. The molecule has 2 amide bonds. The van der Waals surface area contributed by atoms with Crippen LogP contribution in [0.4, 0.5) is 0 Å². The number of carbonyl (C=O) groups excluding carboxylic acids is 2. The predicted octanol–water partition coefficient (Wildman–Crippen LogP) is 2.15. The number of carbonyl (C=O) groups is 3. The summed E-state index contributed by atoms with van der Waals surface area (Å²) in [4.78, 5) is 39.0. The second-order valence-electron chi connectivity index (χ2n) is 9.47. The van der Waals surface area contributed by atoms with Gasteiger partial charge in [-0.1, -0.05) is 51.8 Å². The quantitative estimate of drug-likeness (QED) is 0.456. The molecule has 0 unspecified atom stereocenters. The fourth-order valence-corrected chi connectivity index (χ4v) is 5.24. The van der Waals surface area contributed by atoms with Gasteiger partial charge in [-0.25, -0.2) is 13.2 Å². The van der Waals surface area contributed by atoms with Gasteiger partial charge in [-0.05, 0) is 43.7 Å². The van der Waals surface area contributed by atoms with Crippen molar-refractivity contribution in [1.82, 2.24) is 14.9 Å². The first kappa shape index (κ1) is 27.8. The van der Waals surface area contributed by atoms with E-state index in [4.69, 9.17) is 0 Å². The monoisotopic (exact) mass is 495 g/mol. The summed E-state index contributed by atoms with van der Waals surface area (Å²) in [5.74, 6) is -2.58. The lowest BCUT2D eigenvalue weighted by atomic mass is 9.92. The number of benzene rings is 1. The maximum absolute atomic E-state index is 13.3. The van der Waals surface area contributed by atoms with Crippen LogP contribution in [0.15, 0.2) is 29.2 Å². The fourth-order valence-electron chi connectivity index (χ4n) is 3.94. The topological polar surface area (TPSA) is 133 Å². The van der Waals surface area contributed by atoms with Gasteiger partial charge in [-0.3, -0.25) is 9.59 Å². The van der Waals surface area contributed by atoms with Crippen molar-refractivity contribution >= 4 is 27.8 Å². The molecule has 1 saturated heterocycles. The smallest absolute Gasteiger partial charge is 0.326 e. The summed E-state index contributed by atoms with van der Waals surface area (Å²) in [6, 6.07) is 4.57. The number of nitrogens with zero attached hydrogens (tertiary/aromatic N) is 1. The lowest BCUT2D eigenvalue weighted by Crippen LogP contribution is -2.54. The molecule has 1 aromatic carbocycles. The summed E-state index contributed by atoms with van der Waals surface area (Å²) < 4.78 is 28.5. The van der Waals surface area contributed by atoms with E-state index in [0.29, 0.717) is 32.4 Å². The number of hydrogen-bond acceptors (Lipinski definition) is 5. The first-order valence-electron chi connectivity index (χ1n) is 11.8. The molecule has 0 aromatic heterocycles. The molecule has 0 saturated carbocycles. The summed E-state index contributed by atoms with van der Waals surface area (Å²) in [6.45, 7) is 9.66. The van der Waals surface area contributed by atoms with Gasteiger partial charge in [0.2, 0.25) is 21.8 Å². The molecule has 10 heteroatoms. The van der Waals surface area contributed by atoms with Crippen LogP contribution >= 0.6 is 0 Å². The maximum Gasteiger partial charge on any atom is 0.326 e. The molecule has 0 radical (unpaired) electrons. The van der Waals surface area contributed by atoms with Crippen molar-refractivity contribution in [3.63, 3.8) is 0 Å². The Hall–Kier alpha value is -2.46. The third-order valence-electron chi connectivity index (χ3n) is 6.50. The highest BCUT2D eigenvalue weighted by molar-refractivity contribution is 7.89. The van der Waals surface area contributed by atoms with Crippen LogP contribution in [0.1, 0.15) is 52.5 Å². The molecular weight excluding hydrogens is 458 g/mol. The van der Waals surface area contributed by atoms with Gasteiger partial charge in [0, 0.05) is 19.0 Å². The number of nitrogens with one attached hydrogen (secondary N) is 2. The van der Waals surface area contributed by atoms with E-state index in [9.17, 15) is 27.9 Å². The summed E-state index contributed by atoms with van der Waals surface area (Å²) in [7, 11) is -3.89. The minimum absolute atomic E-state index is 0.104. The minimum Gasteiger partial charge on any atom is -0.480 e. The highest BCUT2D eigenvalue weighted by atomic mass is 32.2. The Labute approximate surface area is 202 Å². The third-order valence-corrected chi connectivity index (χ3v) is 7.96. The van der Waals surface area contributed by atoms with Crippen LogP contribution in [-0.2, 0) is 24.4 Å². The van der Waals surface area contributed by atoms with Crippen molar-refractivity contribution in [3.8, 4) is 0 Å². The van der Waals surface area contributed by atoms with Crippen LogP contribution in [0, 0.1) is 24.7 Å². The Balaban J connectivity index is 2.07. The van der Waals surface area contributed by atoms with Crippen LogP contribution in [0.3, 0.4) is 0 Å². The molecule has 1 heterocycles. The van der Waals surface area contributed by atoms with Crippen LogP contribution < -0.4 is 10.0 Å². The number of carboxylic acid groups (broad SMARTS) is 1. The molecular formula is C24H37N3O6S. The summed E-state index contributed by atoms with van der Waals surface area (Å²) in [6.07, 6.45) is 1.39. The lowest BCUT2D eigenvalue weighted by Gasteiger charge is -2.35. The molecule has 34 heavy (non-hydrogen) atoms. The number of aliphatic carboxylic acids is 1. The minimum atomic E-state index is -3.89. The average Bonchev–Trinajstić information content (AvgIpc) is 2.79. The summed E-state index contributed by atoms with van der Waals surface area (Å²) >= 11 is 0. The van der Waals surface area contributed by atoms with Crippen molar-refractivity contribution in [3.05, 3.63) is 29.8 Å². The van der Waals surface area contributed by atoms with Gasteiger partial charge in [-0.2, -0.15) is 4.72 Å². The number of rotatable bonds is 10. The van der Waals surface area contributed by atoms with Crippen molar-refractivity contribution in [2.24, 2.45) is 17.8 Å². The van der Waals surface area contributed by atoms with Crippen molar-refractivity contribution in [2.45, 2.75) is 70.9 Å². The van der Waals surface area contributed by atoms with E-state index in [-0.39, 0.29) is 28.5 Å². The van der Waals surface area contributed by atoms with Gasteiger partial charge >= 0.3 is 5.97 Å². The van der Waals surface area contributed by atoms with Gasteiger partial charge in [0.1, 0.15) is 12.1 Å². The van der Waals surface area contributed by atoms with Crippen LogP contribution in [0.5, 0.6) is 0 Å². The Kier molecular flexibility index (Phi) is 9.64. The zero-order valence-corrected chi connectivity index (χ0v) is 21.4. The SMILES string of the molecule is CC[C@H](C)[C@@H](NS(=O)(=O)c1ccc(C)cc1)C(=O)N1CCC(C(=O)N[C@@H](C(=O)O)C(C)C)CC1. The molecule has 190 valence electrons. The number of sulfonamides is 1. The first-order chi connectivity index (χ1) is 15.9. The fraction of sp³-hybridized carbons (Fsp3) is 0.625. The molecule has 0 spiro atoms. The zero-order valence-electron chi connectivity index (χ0n) is 20.6. The average molecular weight is 496 g/mol. The number of piperidine rings is 1. The zero-order chi connectivity index (χ0) is 25.6. The Morgan fingerprint density at radius 1 is 1.06 bits per heavy atom. The highest BCUT2D eigenvalue weighted by Gasteiger charge is 2.36. The van der Waals surface area contributed by atoms with E-state index in [0.717, 1.165) is 5.56 Å². The molecule has 3 atom stereocenters. The van der Waals surface area contributed by atoms with Crippen LogP contribution in [0.2, 0.25) is 0 Å². The molecule has 1 aliphatic rings. The standard InChI is InChI=1S/C24H37N3O6S/c1-6-17(5)21(26-34(32,33)19-9-7-16(4)8-10-19)23(29)27-13-11-18(12-14-27)22(28)25-20(15(2)3)24(30)31/h7-10,15,17-18,20-21,26H,6,11-14H2,1-5H3,(H,25,28)(H,30,31)/t17-,20+,21+/m0/s1. The van der Waals surface area contributed by atoms with Gasteiger partial charge in [-0.15, -0.1) is 0 Å². The van der Waals surface area contributed by atoms with Crippen LogP contribution in [0.25, 0.3) is 0 Å². The van der Waals surface area contributed by atoms with Gasteiger partial charge in [0.25, 0.3) is 0 Å². The number of aryl methyl sites for hydroxylation is 1. The summed E-state index contributed by atoms with van der Waals surface area (Å²) in [5.41, 5.74) is 0.934. The second-order valence-corrected chi connectivity index (χ2v) is 11.2. The number of hydrogen-bond donors (Lipinski definition) is 3.